The van der Waals surface area contributed by atoms with E-state index in [1.54, 1.807) is 4.90 Å². The molecule has 1 aromatic carbocycles. The number of carbonyl (C=O) groups is 1. The Hall–Kier alpha value is -1.69. The van der Waals surface area contributed by atoms with Crippen LogP contribution >= 0.6 is 0 Å². The van der Waals surface area contributed by atoms with Gasteiger partial charge in [0.2, 0.25) is 0 Å². The van der Waals surface area contributed by atoms with Crippen LogP contribution in [-0.2, 0) is 4.74 Å². The van der Waals surface area contributed by atoms with Gasteiger partial charge >= 0.3 is 5.97 Å². The monoisotopic (exact) mass is 257 g/mol. The Morgan fingerprint density at radius 1 is 1.44 bits per heavy atom. The summed E-state index contributed by atoms with van der Waals surface area (Å²) in [5.41, 5.74) is -0.579. The van der Waals surface area contributed by atoms with E-state index >= 15 is 0 Å². The number of aromatic carboxylic acids is 1. The van der Waals surface area contributed by atoms with Crippen LogP contribution in [-0.4, -0.2) is 36.9 Å². The van der Waals surface area contributed by atoms with Crippen LogP contribution in [0.5, 0.6) is 0 Å². The molecule has 0 aromatic heterocycles. The molecule has 1 unspecified atom stereocenters. The summed E-state index contributed by atoms with van der Waals surface area (Å²) in [5.74, 6) is -3.72. The van der Waals surface area contributed by atoms with Crippen molar-refractivity contribution in [2.75, 3.05) is 24.6 Å². The fourth-order valence-corrected chi connectivity index (χ4v) is 2.00. The lowest BCUT2D eigenvalue weighted by Gasteiger charge is -2.33. The number of morpholine rings is 1. The van der Waals surface area contributed by atoms with Crippen molar-refractivity contribution in [1.29, 1.82) is 0 Å². The van der Waals surface area contributed by atoms with E-state index < -0.39 is 23.2 Å². The number of anilines is 1. The quantitative estimate of drug-likeness (QED) is 0.879. The first-order valence-corrected chi connectivity index (χ1v) is 5.58. The van der Waals surface area contributed by atoms with Gasteiger partial charge in [-0.2, -0.15) is 0 Å². The minimum Gasteiger partial charge on any atom is -0.477 e. The highest BCUT2D eigenvalue weighted by atomic mass is 19.1. The Labute approximate surface area is 103 Å². The van der Waals surface area contributed by atoms with Gasteiger partial charge < -0.3 is 14.7 Å². The largest absolute Gasteiger partial charge is 0.477 e. The number of nitrogens with zero attached hydrogens (tertiary/aromatic N) is 1. The highest BCUT2D eigenvalue weighted by Crippen LogP contribution is 2.23. The summed E-state index contributed by atoms with van der Waals surface area (Å²) in [4.78, 5) is 12.4. The number of ether oxygens (including phenoxy) is 1. The third-order valence-corrected chi connectivity index (χ3v) is 2.85. The second-order valence-corrected chi connectivity index (χ2v) is 4.22. The van der Waals surface area contributed by atoms with Gasteiger partial charge in [-0.15, -0.1) is 0 Å². The number of carboxylic acid groups (broad SMARTS) is 1. The molecule has 2 rings (SSSR count). The molecule has 98 valence electrons. The summed E-state index contributed by atoms with van der Waals surface area (Å²) in [6, 6.07) is 2.09. The van der Waals surface area contributed by atoms with Gasteiger partial charge in [-0.05, 0) is 19.1 Å². The van der Waals surface area contributed by atoms with Crippen LogP contribution in [0.3, 0.4) is 0 Å². The molecule has 1 saturated heterocycles. The zero-order valence-corrected chi connectivity index (χ0v) is 9.82. The summed E-state index contributed by atoms with van der Waals surface area (Å²) in [5, 5.41) is 8.68. The average molecular weight is 257 g/mol. The highest BCUT2D eigenvalue weighted by Gasteiger charge is 2.22. The maximum Gasteiger partial charge on any atom is 0.341 e. The molecule has 0 saturated carbocycles. The van der Waals surface area contributed by atoms with E-state index in [1.807, 2.05) is 6.92 Å². The van der Waals surface area contributed by atoms with Gasteiger partial charge in [-0.1, -0.05) is 0 Å². The molecule has 1 fully saturated rings. The molecule has 6 heteroatoms. The predicted octanol–water partition coefficient (Wildman–Crippen LogP) is 1.89. The standard InChI is InChI=1S/C12H13F2NO3/c1-7-6-15(2-3-18-7)8-4-9(13)11(12(16)17)10(14)5-8/h4-5,7H,2-3,6H2,1H3,(H,16,17). The Kier molecular flexibility index (Phi) is 3.47. The Morgan fingerprint density at radius 2 is 2.06 bits per heavy atom. The summed E-state index contributed by atoms with van der Waals surface area (Å²) < 4.78 is 32.4. The van der Waals surface area contributed by atoms with Crippen LogP contribution in [0, 0.1) is 11.6 Å². The first kappa shape index (κ1) is 12.8. The zero-order valence-electron chi connectivity index (χ0n) is 9.82. The van der Waals surface area contributed by atoms with Crippen molar-refractivity contribution in [3.05, 3.63) is 29.3 Å². The molecular formula is C12H13F2NO3. The maximum atomic E-state index is 13.5. The maximum absolute atomic E-state index is 13.5. The van der Waals surface area contributed by atoms with Gasteiger partial charge in [0, 0.05) is 18.8 Å². The second-order valence-electron chi connectivity index (χ2n) is 4.22. The van der Waals surface area contributed by atoms with Crippen LogP contribution in [0.4, 0.5) is 14.5 Å². The van der Waals surface area contributed by atoms with Crippen LogP contribution in [0.25, 0.3) is 0 Å². The van der Waals surface area contributed by atoms with Gasteiger partial charge in [-0.25, -0.2) is 13.6 Å². The Morgan fingerprint density at radius 3 is 2.56 bits per heavy atom. The average Bonchev–Trinajstić information content (AvgIpc) is 2.27. The molecule has 0 bridgehead atoms. The fraction of sp³-hybridized carbons (Fsp3) is 0.417. The minimum absolute atomic E-state index is 0.0241. The van der Waals surface area contributed by atoms with Crippen molar-refractivity contribution in [3.8, 4) is 0 Å². The molecule has 18 heavy (non-hydrogen) atoms. The molecule has 1 atom stereocenters. The van der Waals surface area contributed by atoms with Crippen molar-refractivity contribution in [3.63, 3.8) is 0 Å². The molecule has 4 nitrogen and oxygen atoms in total. The second kappa shape index (κ2) is 4.89. The molecular weight excluding hydrogens is 244 g/mol. The van der Waals surface area contributed by atoms with Crippen LogP contribution in [0.2, 0.25) is 0 Å². The molecule has 1 aromatic rings. The lowest BCUT2D eigenvalue weighted by atomic mass is 10.1. The molecule has 1 heterocycles. The van der Waals surface area contributed by atoms with E-state index in [1.165, 1.54) is 0 Å². The molecule has 1 aliphatic rings. The van der Waals surface area contributed by atoms with E-state index in [-0.39, 0.29) is 6.10 Å². The zero-order chi connectivity index (χ0) is 13.3. The summed E-state index contributed by atoms with van der Waals surface area (Å²) in [6.07, 6.45) is -0.0241. The van der Waals surface area contributed by atoms with Crippen molar-refractivity contribution >= 4 is 11.7 Å². The topological polar surface area (TPSA) is 49.8 Å². The SMILES string of the molecule is CC1CN(c2cc(F)c(C(=O)O)c(F)c2)CCO1. The summed E-state index contributed by atoms with van der Waals surface area (Å²) in [7, 11) is 0. The first-order chi connectivity index (χ1) is 8.49. The fourth-order valence-electron chi connectivity index (χ4n) is 2.00. The van der Waals surface area contributed by atoms with Gasteiger partial charge in [0.25, 0.3) is 0 Å². The third kappa shape index (κ3) is 2.43. The van der Waals surface area contributed by atoms with Gasteiger partial charge in [-0.3, -0.25) is 0 Å². The van der Waals surface area contributed by atoms with E-state index in [0.29, 0.717) is 25.4 Å². The minimum atomic E-state index is -1.60. The normalized spacial score (nSPS) is 19.9. The van der Waals surface area contributed by atoms with Crippen molar-refractivity contribution < 1.29 is 23.4 Å². The molecule has 0 amide bonds. The smallest absolute Gasteiger partial charge is 0.341 e. The highest BCUT2D eigenvalue weighted by molar-refractivity contribution is 5.88. The van der Waals surface area contributed by atoms with Crippen molar-refractivity contribution in [1.82, 2.24) is 0 Å². The molecule has 0 aliphatic carbocycles. The van der Waals surface area contributed by atoms with E-state index in [2.05, 4.69) is 0 Å². The van der Waals surface area contributed by atoms with E-state index in [0.717, 1.165) is 12.1 Å². The molecule has 1 aliphatic heterocycles. The number of hydrogen-bond acceptors (Lipinski definition) is 3. The van der Waals surface area contributed by atoms with Gasteiger partial charge in [0.15, 0.2) is 0 Å². The lowest BCUT2D eigenvalue weighted by Crippen LogP contribution is -2.41. The van der Waals surface area contributed by atoms with Crippen molar-refractivity contribution in [2.24, 2.45) is 0 Å². The molecule has 1 N–H and O–H groups in total. The lowest BCUT2D eigenvalue weighted by molar-refractivity contribution is 0.0531. The number of rotatable bonds is 2. The van der Waals surface area contributed by atoms with Crippen molar-refractivity contribution in [2.45, 2.75) is 13.0 Å². The number of halogens is 2. The predicted molar refractivity (Wildman–Crippen MR) is 60.9 cm³/mol. The molecule has 0 spiro atoms. The number of carboxylic acids is 1. The summed E-state index contributed by atoms with van der Waals surface area (Å²) >= 11 is 0. The van der Waals surface area contributed by atoms with E-state index in [4.69, 9.17) is 9.84 Å². The van der Waals surface area contributed by atoms with Crippen LogP contribution in [0.15, 0.2) is 12.1 Å². The van der Waals surface area contributed by atoms with Gasteiger partial charge in [0.05, 0.1) is 12.7 Å². The number of hydrogen-bond donors (Lipinski definition) is 1. The Bertz CT molecular complexity index is 455. The van der Waals surface area contributed by atoms with Crippen LogP contribution in [0.1, 0.15) is 17.3 Å². The Balaban J connectivity index is 2.32. The van der Waals surface area contributed by atoms with Gasteiger partial charge in [0.1, 0.15) is 17.2 Å². The summed E-state index contributed by atoms with van der Waals surface area (Å²) in [6.45, 7) is 3.39. The third-order valence-electron chi connectivity index (χ3n) is 2.85. The number of benzene rings is 1. The first-order valence-electron chi connectivity index (χ1n) is 5.58. The molecule has 0 radical (unpaired) electrons. The van der Waals surface area contributed by atoms with E-state index in [9.17, 15) is 13.6 Å². The van der Waals surface area contributed by atoms with Crippen LogP contribution < -0.4 is 4.90 Å².